The van der Waals surface area contributed by atoms with Crippen LogP contribution >= 0.6 is 0 Å². The standard InChI is InChI=1S/C28H28N2O4/c1-6-33-21-9-7-20(8-10-21)24-16-34-28-19(4)27(32-5)22(15-23(24)28)18(3)14-26(31)30-25-13-17(2)11-12-29-25/h7-16H,6H2,1-5H3,(H,29,30,31)/b18-14+. The van der Waals surface area contributed by atoms with Gasteiger partial charge in [-0.15, -0.1) is 0 Å². The van der Waals surface area contributed by atoms with Gasteiger partial charge < -0.3 is 19.2 Å². The van der Waals surface area contributed by atoms with E-state index in [0.717, 1.165) is 50.1 Å². The third-order valence-corrected chi connectivity index (χ3v) is 5.66. The van der Waals surface area contributed by atoms with Gasteiger partial charge in [-0.1, -0.05) is 12.1 Å². The number of furan rings is 1. The molecular weight excluding hydrogens is 428 g/mol. The van der Waals surface area contributed by atoms with Crippen molar-refractivity contribution >= 4 is 28.3 Å². The summed E-state index contributed by atoms with van der Waals surface area (Å²) in [6, 6.07) is 13.6. The SMILES string of the molecule is CCOc1ccc(-c2coc3c(C)c(OC)c(/C(C)=C/C(=O)Nc4cc(C)ccn4)cc23)cc1. The van der Waals surface area contributed by atoms with Crippen LogP contribution in [0.3, 0.4) is 0 Å². The van der Waals surface area contributed by atoms with Crippen molar-refractivity contribution in [2.75, 3.05) is 19.0 Å². The molecule has 1 N–H and O–H groups in total. The molecule has 174 valence electrons. The zero-order chi connectivity index (χ0) is 24.2. The summed E-state index contributed by atoms with van der Waals surface area (Å²) in [7, 11) is 1.62. The summed E-state index contributed by atoms with van der Waals surface area (Å²) in [5.74, 6) is 1.76. The van der Waals surface area contributed by atoms with Gasteiger partial charge in [0.25, 0.3) is 0 Å². The number of fused-ring (bicyclic) bond motifs is 1. The molecule has 4 aromatic rings. The molecular formula is C28H28N2O4. The van der Waals surface area contributed by atoms with E-state index in [1.165, 1.54) is 0 Å². The second-order valence-corrected chi connectivity index (χ2v) is 8.10. The number of nitrogens with zero attached hydrogens (tertiary/aromatic N) is 1. The van der Waals surface area contributed by atoms with Crippen LogP contribution in [0.25, 0.3) is 27.7 Å². The van der Waals surface area contributed by atoms with E-state index in [1.807, 2.05) is 70.2 Å². The molecule has 2 aromatic carbocycles. The number of amides is 1. The highest BCUT2D eigenvalue weighted by atomic mass is 16.5. The van der Waals surface area contributed by atoms with Crippen molar-refractivity contribution in [2.24, 2.45) is 0 Å². The summed E-state index contributed by atoms with van der Waals surface area (Å²) < 4.78 is 17.2. The van der Waals surface area contributed by atoms with Gasteiger partial charge >= 0.3 is 0 Å². The predicted octanol–water partition coefficient (Wildman–Crippen LogP) is 6.56. The zero-order valence-corrected chi connectivity index (χ0v) is 20.1. The first-order chi connectivity index (χ1) is 16.4. The minimum absolute atomic E-state index is 0.255. The molecule has 0 saturated heterocycles. The molecule has 0 spiro atoms. The number of benzene rings is 2. The number of allylic oxidation sites excluding steroid dienone is 1. The Bertz CT molecular complexity index is 1370. The molecule has 4 rings (SSSR count). The van der Waals surface area contributed by atoms with Crippen LogP contribution in [0.2, 0.25) is 0 Å². The normalized spacial score (nSPS) is 11.5. The topological polar surface area (TPSA) is 73.6 Å². The van der Waals surface area contributed by atoms with Crippen LogP contribution in [0.1, 0.15) is 30.5 Å². The Labute approximate surface area is 199 Å². The largest absolute Gasteiger partial charge is 0.496 e. The smallest absolute Gasteiger partial charge is 0.249 e. The summed E-state index contributed by atoms with van der Waals surface area (Å²) in [6.07, 6.45) is 4.98. The van der Waals surface area contributed by atoms with Crippen molar-refractivity contribution in [3.63, 3.8) is 0 Å². The highest BCUT2D eigenvalue weighted by molar-refractivity contribution is 6.05. The summed E-state index contributed by atoms with van der Waals surface area (Å²) in [5, 5.41) is 3.77. The molecule has 1 amide bonds. The number of pyridine rings is 1. The highest BCUT2D eigenvalue weighted by Crippen LogP contribution is 2.40. The van der Waals surface area contributed by atoms with Crippen molar-refractivity contribution in [3.05, 3.63) is 77.7 Å². The summed E-state index contributed by atoms with van der Waals surface area (Å²) in [5.41, 5.74) is 6.23. The van der Waals surface area contributed by atoms with Crippen LogP contribution in [0.15, 0.2) is 65.4 Å². The van der Waals surface area contributed by atoms with Crippen LogP contribution in [-0.4, -0.2) is 24.6 Å². The number of aryl methyl sites for hydroxylation is 2. The second kappa shape index (κ2) is 9.83. The summed E-state index contributed by atoms with van der Waals surface area (Å²) in [6.45, 7) is 8.38. The van der Waals surface area contributed by atoms with Gasteiger partial charge in [0, 0.05) is 34.3 Å². The number of ether oxygens (including phenoxy) is 2. The third kappa shape index (κ3) is 4.66. The lowest BCUT2D eigenvalue weighted by molar-refractivity contribution is -0.111. The molecule has 0 aliphatic rings. The summed E-state index contributed by atoms with van der Waals surface area (Å²) in [4.78, 5) is 16.9. The first-order valence-corrected chi connectivity index (χ1v) is 11.2. The average molecular weight is 457 g/mol. The molecule has 6 heteroatoms. The van der Waals surface area contributed by atoms with E-state index in [4.69, 9.17) is 13.9 Å². The van der Waals surface area contributed by atoms with Crippen molar-refractivity contribution in [1.29, 1.82) is 0 Å². The molecule has 34 heavy (non-hydrogen) atoms. The Morgan fingerprint density at radius 2 is 1.91 bits per heavy atom. The number of hydrogen-bond acceptors (Lipinski definition) is 5. The number of methoxy groups -OCH3 is 1. The second-order valence-electron chi connectivity index (χ2n) is 8.10. The van der Waals surface area contributed by atoms with E-state index in [2.05, 4.69) is 10.3 Å². The maximum absolute atomic E-state index is 12.7. The first kappa shape index (κ1) is 23.1. The van der Waals surface area contributed by atoms with Crippen LogP contribution in [-0.2, 0) is 4.79 Å². The Hall–Kier alpha value is -4.06. The van der Waals surface area contributed by atoms with E-state index in [-0.39, 0.29) is 5.91 Å². The predicted molar refractivity (Wildman–Crippen MR) is 135 cm³/mol. The fourth-order valence-electron chi connectivity index (χ4n) is 4.03. The maximum atomic E-state index is 12.7. The molecule has 0 bridgehead atoms. The Kier molecular flexibility index (Phi) is 6.68. The fraction of sp³-hybridized carbons (Fsp3) is 0.214. The minimum Gasteiger partial charge on any atom is -0.496 e. The van der Waals surface area contributed by atoms with Gasteiger partial charge in [-0.2, -0.15) is 0 Å². The number of nitrogens with one attached hydrogen (secondary N) is 1. The third-order valence-electron chi connectivity index (χ3n) is 5.66. The van der Waals surface area contributed by atoms with E-state index in [9.17, 15) is 4.79 Å². The highest BCUT2D eigenvalue weighted by Gasteiger charge is 2.19. The van der Waals surface area contributed by atoms with Crippen LogP contribution in [0.4, 0.5) is 5.82 Å². The van der Waals surface area contributed by atoms with Crippen molar-refractivity contribution in [3.8, 4) is 22.6 Å². The number of hydrogen-bond donors (Lipinski definition) is 1. The van der Waals surface area contributed by atoms with E-state index in [1.54, 1.807) is 25.6 Å². The van der Waals surface area contributed by atoms with Gasteiger partial charge in [0.05, 0.1) is 20.0 Å². The van der Waals surface area contributed by atoms with Crippen LogP contribution in [0.5, 0.6) is 11.5 Å². The van der Waals surface area contributed by atoms with E-state index in [0.29, 0.717) is 18.2 Å². The van der Waals surface area contributed by atoms with Crippen molar-refractivity contribution in [1.82, 2.24) is 4.98 Å². The van der Waals surface area contributed by atoms with Gasteiger partial charge in [0.1, 0.15) is 22.9 Å². The molecule has 6 nitrogen and oxygen atoms in total. The van der Waals surface area contributed by atoms with Gasteiger partial charge in [-0.3, -0.25) is 4.79 Å². The zero-order valence-electron chi connectivity index (χ0n) is 20.1. The van der Waals surface area contributed by atoms with Gasteiger partial charge in [-0.05, 0) is 74.7 Å². The lowest BCUT2D eigenvalue weighted by Gasteiger charge is -2.13. The minimum atomic E-state index is -0.255. The molecule has 0 saturated carbocycles. The van der Waals surface area contributed by atoms with E-state index >= 15 is 0 Å². The lowest BCUT2D eigenvalue weighted by Crippen LogP contribution is -2.10. The molecule has 0 aliphatic heterocycles. The first-order valence-electron chi connectivity index (χ1n) is 11.2. The van der Waals surface area contributed by atoms with E-state index < -0.39 is 0 Å². The Morgan fingerprint density at radius 3 is 2.59 bits per heavy atom. The number of carbonyl (C=O) groups excluding carboxylic acids is 1. The average Bonchev–Trinajstić information content (AvgIpc) is 3.24. The molecule has 0 radical (unpaired) electrons. The number of carbonyl (C=O) groups is 1. The molecule has 0 unspecified atom stereocenters. The monoisotopic (exact) mass is 456 g/mol. The van der Waals surface area contributed by atoms with Gasteiger partial charge in [0.2, 0.25) is 5.91 Å². The lowest BCUT2D eigenvalue weighted by atomic mass is 9.96. The van der Waals surface area contributed by atoms with Crippen LogP contribution in [0, 0.1) is 13.8 Å². The number of aromatic nitrogens is 1. The number of rotatable bonds is 7. The van der Waals surface area contributed by atoms with Gasteiger partial charge in [-0.25, -0.2) is 4.98 Å². The molecule has 0 atom stereocenters. The number of anilines is 1. The van der Waals surface area contributed by atoms with Crippen molar-refractivity contribution < 1.29 is 18.7 Å². The molecule has 2 heterocycles. The maximum Gasteiger partial charge on any atom is 0.249 e. The molecule has 0 aliphatic carbocycles. The van der Waals surface area contributed by atoms with Crippen LogP contribution < -0.4 is 14.8 Å². The fourth-order valence-corrected chi connectivity index (χ4v) is 4.03. The quantitative estimate of drug-likeness (QED) is 0.319. The Morgan fingerprint density at radius 1 is 1.15 bits per heavy atom. The van der Waals surface area contributed by atoms with Gasteiger partial charge in [0.15, 0.2) is 0 Å². The Balaban J connectivity index is 1.73. The molecule has 2 aromatic heterocycles. The summed E-state index contributed by atoms with van der Waals surface area (Å²) >= 11 is 0. The van der Waals surface area contributed by atoms with Crippen molar-refractivity contribution in [2.45, 2.75) is 27.7 Å². The molecule has 0 fully saturated rings.